The van der Waals surface area contributed by atoms with E-state index >= 15 is 0 Å². The van der Waals surface area contributed by atoms with Gasteiger partial charge in [-0.1, -0.05) is 12.1 Å². The number of rotatable bonds is 7. The Bertz CT molecular complexity index is 894. The van der Waals surface area contributed by atoms with Crippen LogP contribution in [0.25, 0.3) is 0 Å². The Morgan fingerprint density at radius 2 is 2.00 bits per heavy atom. The summed E-state index contributed by atoms with van der Waals surface area (Å²) >= 11 is 0. The molecule has 0 bridgehead atoms. The largest absolute Gasteiger partial charge is 0.497 e. The average molecular weight is 355 g/mol. The fourth-order valence-electron chi connectivity index (χ4n) is 2.31. The summed E-state index contributed by atoms with van der Waals surface area (Å²) in [6.45, 7) is 0.135. The van der Waals surface area contributed by atoms with Crippen LogP contribution in [-0.2, 0) is 6.61 Å². The summed E-state index contributed by atoms with van der Waals surface area (Å²) < 4.78 is 10.7. The first kappa shape index (κ1) is 17.4. The second-order valence-corrected chi connectivity index (χ2v) is 5.43. The maximum Gasteiger partial charge on any atom is 0.269 e. The van der Waals surface area contributed by atoms with Gasteiger partial charge in [-0.25, -0.2) is 4.98 Å². The topological polar surface area (TPSA) is 129 Å². The van der Waals surface area contributed by atoms with E-state index in [9.17, 15) is 10.1 Å². The highest BCUT2D eigenvalue weighted by Gasteiger charge is 2.15. The Labute approximate surface area is 148 Å². The molecule has 1 aromatic heterocycles. The molecule has 134 valence electrons. The molecule has 3 rings (SSSR count). The van der Waals surface area contributed by atoms with Gasteiger partial charge in [-0.05, 0) is 29.8 Å². The summed E-state index contributed by atoms with van der Waals surface area (Å²) in [6, 6.07) is 12.7. The number of aromatic nitrogens is 3. The lowest BCUT2D eigenvalue weighted by Gasteiger charge is -2.09. The highest BCUT2D eigenvalue weighted by atomic mass is 16.6. The van der Waals surface area contributed by atoms with Crippen LogP contribution in [0.3, 0.4) is 0 Å². The van der Waals surface area contributed by atoms with Crippen LogP contribution < -0.4 is 15.2 Å². The number of nitro groups is 1. The number of nitrogens with one attached hydrogen (secondary N) is 1. The normalized spacial score (nSPS) is 11.8. The van der Waals surface area contributed by atoms with Gasteiger partial charge in [0.05, 0.1) is 18.1 Å². The number of nitrogens with two attached hydrogens (primary N) is 1. The molecular formula is C17H17N5O4. The zero-order chi connectivity index (χ0) is 18.5. The molecule has 0 saturated carbocycles. The number of H-pyrrole nitrogens is 1. The molecule has 0 radical (unpaired) electrons. The van der Waals surface area contributed by atoms with E-state index in [4.69, 9.17) is 15.2 Å². The van der Waals surface area contributed by atoms with Crippen LogP contribution >= 0.6 is 0 Å². The summed E-state index contributed by atoms with van der Waals surface area (Å²) in [5, 5.41) is 17.5. The van der Waals surface area contributed by atoms with Gasteiger partial charge in [0.15, 0.2) is 11.6 Å². The van der Waals surface area contributed by atoms with Crippen molar-refractivity contribution in [3.63, 3.8) is 0 Å². The van der Waals surface area contributed by atoms with Crippen molar-refractivity contribution in [3.8, 4) is 11.5 Å². The first-order chi connectivity index (χ1) is 12.6. The summed E-state index contributed by atoms with van der Waals surface area (Å²) in [6.07, 6.45) is 0. The van der Waals surface area contributed by atoms with Crippen LogP contribution in [0.1, 0.15) is 23.3 Å². The number of aromatic amines is 1. The second-order valence-electron chi connectivity index (χ2n) is 5.43. The van der Waals surface area contributed by atoms with E-state index in [1.807, 2.05) is 24.3 Å². The van der Waals surface area contributed by atoms with E-state index in [1.54, 1.807) is 7.11 Å². The SMILES string of the molecule is COc1cccc(C(N)c2n[nH]c(COc3ccc([N+](=O)[O-])cc3)n2)c1. The second kappa shape index (κ2) is 7.62. The number of hydrogen-bond acceptors (Lipinski definition) is 7. The lowest BCUT2D eigenvalue weighted by molar-refractivity contribution is -0.384. The van der Waals surface area contributed by atoms with Crippen LogP contribution in [0.2, 0.25) is 0 Å². The number of ether oxygens (including phenoxy) is 2. The first-order valence-electron chi connectivity index (χ1n) is 7.75. The molecule has 0 saturated heterocycles. The van der Waals surface area contributed by atoms with Crippen molar-refractivity contribution in [2.24, 2.45) is 5.73 Å². The zero-order valence-electron chi connectivity index (χ0n) is 14.0. The Morgan fingerprint density at radius 3 is 2.69 bits per heavy atom. The van der Waals surface area contributed by atoms with Crippen LogP contribution in [0.4, 0.5) is 5.69 Å². The van der Waals surface area contributed by atoms with Gasteiger partial charge in [0.1, 0.15) is 18.1 Å². The number of nitrogens with zero attached hydrogens (tertiary/aromatic N) is 3. The Hall–Kier alpha value is -3.46. The van der Waals surface area contributed by atoms with Crippen molar-refractivity contribution >= 4 is 5.69 Å². The molecule has 0 aliphatic carbocycles. The molecule has 1 heterocycles. The lowest BCUT2D eigenvalue weighted by Crippen LogP contribution is -2.13. The van der Waals surface area contributed by atoms with Crippen LogP contribution in [0.15, 0.2) is 48.5 Å². The Kier molecular flexibility index (Phi) is 5.09. The van der Waals surface area contributed by atoms with Crippen molar-refractivity contribution in [2.45, 2.75) is 12.6 Å². The van der Waals surface area contributed by atoms with Gasteiger partial charge in [0.2, 0.25) is 0 Å². The monoisotopic (exact) mass is 355 g/mol. The summed E-state index contributed by atoms with van der Waals surface area (Å²) in [7, 11) is 1.59. The molecule has 9 heteroatoms. The van der Waals surface area contributed by atoms with Crippen molar-refractivity contribution in [1.82, 2.24) is 15.2 Å². The molecular weight excluding hydrogens is 338 g/mol. The van der Waals surface area contributed by atoms with Gasteiger partial charge < -0.3 is 15.2 Å². The fourth-order valence-corrected chi connectivity index (χ4v) is 2.31. The van der Waals surface area contributed by atoms with Crippen molar-refractivity contribution in [2.75, 3.05) is 7.11 Å². The minimum absolute atomic E-state index is 0.00330. The third-order valence-corrected chi connectivity index (χ3v) is 3.70. The van der Waals surface area contributed by atoms with E-state index in [1.165, 1.54) is 24.3 Å². The standard InChI is InChI=1S/C17H17N5O4/c1-25-14-4-2-3-11(9-14)16(18)17-19-15(20-21-17)10-26-13-7-5-12(6-8-13)22(23)24/h2-9,16H,10,18H2,1H3,(H,19,20,21). The minimum Gasteiger partial charge on any atom is -0.497 e. The fraction of sp³-hybridized carbons (Fsp3) is 0.176. The number of nitro benzene ring substituents is 1. The maximum atomic E-state index is 10.6. The molecule has 0 amide bonds. The molecule has 26 heavy (non-hydrogen) atoms. The molecule has 1 atom stereocenters. The zero-order valence-corrected chi connectivity index (χ0v) is 14.0. The molecule has 3 N–H and O–H groups in total. The summed E-state index contributed by atoms with van der Waals surface area (Å²) in [5.74, 6) is 2.12. The third-order valence-electron chi connectivity index (χ3n) is 3.70. The van der Waals surface area contributed by atoms with Crippen molar-refractivity contribution in [1.29, 1.82) is 0 Å². The first-order valence-corrected chi connectivity index (χ1v) is 7.75. The van der Waals surface area contributed by atoms with E-state index in [0.29, 0.717) is 23.1 Å². The van der Waals surface area contributed by atoms with Gasteiger partial charge in [-0.2, -0.15) is 5.10 Å². The molecule has 0 aliphatic heterocycles. The highest BCUT2D eigenvalue weighted by Crippen LogP contribution is 2.21. The molecule has 0 aliphatic rings. The highest BCUT2D eigenvalue weighted by molar-refractivity contribution is 5.36. The Balaban J connectivity index is 1.64. The Morgan fingerprint density at radius 1 is 1.23 bits per heavy atom. The van der Waals surface area contributed by atoms with Gasteiger partial charge in [-0.15, -0.1) is 0 Å². The van der Waals surface area contributed by atoms with Crippen LogP contribution in [-0.4, -0.2) is 27.2 Å². The average Bonchev–Trinajstić information content (AvgIpc) is 3.15. The van der Waals surface area contributed by atoms with Gasteiger partial charge in [0.25, 0.3) is 5.69 Å². The maximum absolute atomic E-state index is 10.6. The third kappa shape index (κ3) is 3.95. The van der Waals surface area contributed by atoms with Crippen LogP contribution in [0, 0.1) is 10.1 Å². The summed E-state index contributed by atoms with van der Waals surface area (Å²) in [4.78, 5) is 14.5. The summed E-state index contributed by atoms with van der Waals surface area (Å²) in [5.41, 5.74) is 7.03. The number of methoxy groups -OCH3 is 1. The van der Waals surface area contributed by atoms with Crippen LogP contribution in [0.5, 0.6) is 11.5 Å². The van der Waals surface area contributed by atoms with Gasteiger partial charge in [-0.3, -0.25) is 15.2 Å². The minimum atomic E-state index is -0.505. The smallest absolute Gasteiger partial charge is 0.269 e. The number of benzene rings is 2. The predicted molar refractivity (Wildman–Crippen MR) is 92.8 cm³/mol. The molecule has 2 aromatic carbocycles. The van der Waals surface area contributed by atoms with E-state index in [0.717, 1.165) is 5.56 Å². The molecule has 9 nitrogen and oxygen atoms in total. The van der Waals surface area contributed by atoms with Crippen molar-refractivity contribution in [3.05, 3.63) is 75.9 Å². The van der Waals surface area contributed by atoms with Crippen molar-refractivity contribution < 1.29 is 14.4 Å². The molecule has 1 unspecified atom stereocenters. The van der Waals surface area contributed by atoms with Gasteiger partial charge >= 0.3 is 0 Å². The quantitative estimate of drug-likeness (QED) is 0.491. The van der Waals surface area contributed by atoms with E-state index in [2.05, 4.69) is 15.2 Å². The van der Waals surface area contributed by atoms with E-state index < -0.39 is 11.0 Å². The van der Waals surface area contributed by atoms with Gasteiger partial charge in [0, 0.05) is 12.1 Å². The number of non-ortho nitro benzene ring substituents is 1. The molecule has 3 aromatic rings. The predicted octanol–water partition coefficient (Wildman–Crippen LogP) is 2.35. The van der Waals surface area contributed by atoms with E-state index in [-0.39, 0.29) is 12.3 Å². The lowest BCUT2D eigenvalue weighted by atomic mass is 10.1. The molecule has 0 fully saturated rings. The number of hydrogen-bond donors (Lipinski definition) is 2. The molecule has 0 spiro atoms.